The van der Waals surface area contributed by atoms with Gasteiger partial charge in [-0.05, 0) is 30.2 Å². The van der Waals surface area contributed by atoms with Gasteiger partial charge in [-0.3, -0.25) is 0 Å². The predicted molar refractivity (Wildman–Crippen MR) is 79.6 cm³/mol. The van der Waals surface area contributed by atoms with Crippen molar-refractivity contribution < 1.29 is 13.2 Å². The van der Waals surface area contributed by atoms with Gasteiger partial charge in [0.15, 0.2) is 0 Å². The first-order valence-electron chi connectivity index (χ1n) is 6.12. The van der Waals surface area contributed by atoms with Crippen LogP contribution in [0, 0.1) is 5.92 Å². The first-order valence-corrected chi connectivity index (χ1v) is 8.36. The van der Waals surface area contributed by atoms with Crippen molar-refractivity contribution in [1.82, 2.24) is 4.31 Å². The molecular weight excluding hydrogens is 330 g/mol. The molecule has 19 heavy (non-hydrogen) atoms. The molecule has 108 valence electrons. The van der Waals surface area contributed by atoms with E-state index >= 15 is 0 Å². The largest absolute Gasteiger partial charge is 0.383 e. The zero-order valence-corrected chi connectivity index (χ0v) is 13.9. The topological polar surface area (TPSA) is 46.6 Å². The maximum atomic E-state index is 12.5. The first-order chi connectivity index (χ1) is 8.87. The lowest BCUT2D eigenvalue weighted by molar-refractivity contribution is 0.175. The molecule has 0 aliphatic carbocycles. The van der Waals surface area contributed by atoms with Crippen molar-refractivity contribution in [3.8, 4) is 0 Å². The van der Waals surface area contributed by atoms with Crippen molar-refractivity contribution in [2.24, 2.45) is 5.92 Å². The molecule has 1 aromatic rings. The number of ether oxygens (including phenoxy) is 1. The normalized spacial score (nSPS) is 12.3. The zero-order chi connectivity index (χ0) is 14.5. The molecule has 0 heterocycles. The summed E-state index contributed by atoms with van der Waals surface area (Å²) >= 11 is 3.30. The smallest absolute Gasteiger partial charge is 0.243 e. The SMILES string of the molecule is COCCN(CC(C)C)S(=O)(=O)c1ccc(Br)cc1. The van der Waals surface area contributed by atoms with Gasteiger partial charge in [-0.15, -0.1) is 0 Å². The predicted octanol–water partition coefficient (Wildman–Crippen LogP) is 2.74. The fraction of sp³-hybridized carbons (Fsp3) is 0.538. The minimum Gasteiger partial charge on any atom is -0.383 e. The number of nitrogens with zero attached hydrogens (tertiary/aromatic N) is 1. The standard InChI is InChI=1S/C13H20BrNO3S/c1-11(2)10-15(8-9-18-3)19(16,17)13-6-4-12(14)5-7-13/h4-7,11H,8-10H2,1-3H3. The Morgan fingerprint density at radius 3 is 2.32 bits per heavy atom. The Bertz CT molecular complexity index is 485. The van der Waals surface area contributed by atoms with Crippen LogP contribution in [0.4, 0.5) is 0 Å². The van der Waals surface area contributed by atoms with E-state index in [9.17, 15) is 8.42 Å². The zero-order valence-electron chi connectivity index (χ0n) is 11.5. The van der Waals surface area contributed by atoms with Crippen molar-refractivity contribution in [3.63, 3.8) is 0 Å². The maximum Gasteiger partial charge on any atom is 0.243 e. The molecular formula is C13H20BrNO3S. The maximum absolute atomic E-state index is 12.5. The van der Waals surface area contributed by atoms with Gasteiger partial charge >= 0.3 is 0 Å². The molecule has 0 amide bonds. The third-order valence-corrected chi connectivity index (χ3v) is 4.97. The van der Waals surface area contributed by atoms with E-state index in [0.29, 0.717) is 24.6 Å². The van der Waals surface area contributed by atoms with Crippen molar-refractivity contribution in [1.29, 1.82) is 0 Å². The number of hydrogen-bond donors (Lipinski definition) is 0. The number of halogens is 1. The van der Waals surface area contributed by atoms with Crippen LogP contribution in [-0.4, -0.2) is 39.5 Å². The number of benzene rings is 1. The van der Waals surface area contributed by atoms with Crippen LogP contribution in [0.2, 0.25) is 0 Å². The molecule has 0 fully saturated rings. The Morgan fingerprint density at radius 2 is 1.84 bits per heavy atom. The molecule has 0 unspecified atom stereocenters. The second-order valence-corrected chi connectivity index (χ2v) is 7.56. The first kappa shape index (κ1) is 16.6. The summed E-state index contributed by atoms with van der Waals surface area (Å²) in [6.45, 7) is 5.24. The second-order valence-electron chi connectivity index (χ2n) is 4.70. The van der Waals surface area contributed by atoms with Gasteiger partial charge in [-0.1, -0.05) is 29.8 Å². The Kier molecular flexibility index (Phi) is 6.46. The summed E-state index contributed by atoms with van der Waals surface area (Å²) in [4.78, 5) is 0.312. The third kappa shape index (κ3) is 4.87. The Balaban J connectivity index is 3.00. The Morgan fingerprint density at radius 1 is 1.26 bits per heavy atom. The quantitative estimate of drug-likeness (QED) is 0.760. The highest BCUT2D eigenvalue weighted by atomic mass is 79.9. The highest BCUT2D eigenvalue weighted by Gasteiger charge is 2.24. The van der Waals surface area contributed by atoms with E-state index in [2.05, 4.69) is 15.9 Å². The second kappa shape index (κ2) is 7.38. The van der Waals surface area contributed by atoms with Crippen LogP contribution in [0.15, 0.2) is 33.6 Å². The minimum absolute atomic E-state index is 0.266. The van der Waals surface area contributed by atoms with Crippen LogP contribution in [0.1, 0.15) is 13.8 Å². The molecule has 0 atom stereocenters. The lowest BCUT2D eigenvalue weighted by Crippen LogP contribution is -2.36. The Labute approximate surface area is 123 Å². The van der Waals surface area contributed by atoms with E-state index < -0.39 is 10.0 Å². The monoisotopic (exact) mass is 349 g/mol. The molecule has 0 aliphatic heterocycles. The molecule has 6 heteroatoms. The van der Waals surface area contributed by atoms with E-state index in [4.69, 9.17) is 4.74 Å². The number of methoxy groups -OCH3 is 1. The molecule has 0 saturated carbocycles. The summed E-state index contributed by atoms with van der Waals surface area (Å²) in [5.41, 5.74) is 0. The van der Waals surface area contributed by atoms with Gasteiger partial charge in [0.1, 0.15) is 0 Å². The van der Waals surface area contributed by atoms with Crippen LogP contribution in [-0.2, 0) is 14.8 Å². The van der Waals surface area contributed by atoms with Crippen molar-refractivity contribution in [2.45, 2.75) is 18.7 Å². The van der Waals surface area contributed by atoms with E-state index in [1.165, 1.54) is 4.31 Å². The molecule has 0 aromatic heterocycles. The molecule has 0 spiro atoms. The van der Waals surface area contributed by atoms with Gasteiger partial charge in [0.25, 0.3) is 0 Å². The van der Waals surface area contributed by atoms with Gasteiger partial charge in [0.2, 0.25) is 10.0 Å². The van der Waals surface area contributed by atoms with Crippen molar-refractivity contribution >= 4 is 26.0 Å². The highest BCUT2D eigenvalue weighted by molar-refractivity contribution is 9.10. The fourth-order valence-corrected chi connectivity index (χ4v) is 3.52. The average Bonchev–Trinajstić information content (AvgIpc) is 2.34. The van der Waals surface area contributed by atoms with Crippen LogP contribution in [0.5, 0.6) is 0 Å². The summed E-state index contributed by atoms with van der Waals surface area (Å²) in [6, 6.07) is 6.69. The van der Waals surface area contributed by atoms with Crippen LogP contribution < -0.4 is 0 Å². The van der Waals surface area contributed by atoms with Gasteiger partial charge in [-0.25, -0.2) is 8.42 Å². The lowest BCUT2D eigenvalue weighted by Gasteiger charge is -2.23. The molecule has 1 rings (SSSR count). The molecule has 4 nitrogen and oxygen atoms in total. The number of sulfonamides is 1. The van der Waals surface area contributed by atoms with Crippen molar-refractivity contribution in [3.05, 3.63) is 28.7 Å². The molecule has 0 radical (unpaired) electrons. The van der Waals surface area contributed by atoms with Crippen LogP contribution in [0.25, 0.3) is 0 Å². The third-order valence-electron chi connectivity index (χ3n) is 2.57. The molecule has 0 N–H and O–H groups in total. The fourth-order valence-electron chi connectivity index (χ4n) is 1.67. The average molecular weight is 350 g/mol. The van der Waals surface area contributed by atoms with Gasteiger partial charge in [-0.2, -0.15) is 4.31 Å². The van der Waals surface area contributed by atoms with E-state index in [1.807, 2.05) is 13.8 Å². The molecule has 0 bridgehead atoms. The number of hydrogen-bond acceptors (Lipinski definition) is 3. The van der Waals surface area contributed by atoms with Gasteiger partial charge in [0.05, 0.1) is 11.5 Å². The molecule has 0 saturated heterocycles. The van der Waals surface area contributed by atoms with Crippen molar-refractivity contribution in [2.75, 3.05) is 26.8 Å². The van der Waals surface area contributed by atoms with Crippen LogP contribution >= 0.6 is 15.9 Å². The van der Waals surface area contributed by atoms with Crippen LogP contribution in [0.3, 0.4) is 0 Å². The summed E-state index contributed by atoms with van der Waals surface area (Å²) in [6.07, 6.45) is 0. The van der Waals surface area contributed by atoms with E-state index in [1.54, 1.807) is 31.4 Å². The summed E-state index contributed by atoms with van der Waals surface area (Å²) < 4.78 is 32.4. The Hall–Kier alpha value is -0.430. The molecule has 1 aromatic carbocycles. The summed E-state index contributed by atoms with van der Waals surface area (Å²) in [7, 11) is -1.88. The van der Waals surface area contributed by atoms with Gasteiger partial charge in [0, 0.05) is 24.7 Å². The van der Waals surface area contributed by atoms with E-state index in [-0.39, 0.29) is 5.92 Å². The van der Waals surface area contributed by atoms with E-state index in [0.717, 1.165) is 4.47 Å². The highest BCUT2D eigenvalue weighted by Crippen LogP contribution is 2.19. The van der Waals surface area contributed by atoms with Gasteiger partial charge < -0.3 is 4.74 Å². The lowest BCUT2D eigenvalue weighted by atomic mass is 10.2. The summed E-state index contributed by atoms with van der Waals surface area (Å²) in [5, 5.41) is 0. The number of rotatable bonds is 7. The summed E-state index contributed by atoms with van der Waals surface area (Å²) in [5.74, 6) is 0.266. The molecule has 0 aliphatic rings. The minimum atomic E-state index is -3.45.